The molecule has 21 heavy (non-hydrogen) atoms. The molecule has 1 saturated heterocycles. The summed E-state index contributed by atoms with van der Waals surface area (Å²) in [5.41, 5.74) is 0.914. The molecule has 0 saturated carbocycles. The molecule has 1 N–H and O–H groups in total. The van der Waals surface area contributed by atoms with Crippen molar-refractivity contribution in [3.63, 3.8) is 0 Å². The van der Waals surface area contributed by atoms with Crippen molar-refractivity contribution < 1.29 is 23.0 Å². The highest BCUT2D eigenvalue weighted by molar-refractivity contribution is 5.41. The van der Waals surface area contributed by atoms with E-state index in [0.29, 0.717) is 38.5 Å². The summed E-state index contributed by atoms with van der Waals surface area (Å²) in [5.74, 6) is 0.486. The highest BCUT2D eigenvalue weighted by atomic mass is 19.4. The van der Waals surface area contributed by atoms with Gasteiger partial charge in [0.15, 0.2) is 11.5 Å². The van der Waals surface area contributed by atoms with Gasteiger partial charge in [-0.15, -0.1) is 0 Å². The fourth-order valence-corrected chi connectivity index (χ4v) is 2.45. The van der Waals surface area contributed by atoms with Crippen molar-refractivity contribution in [2.45, 2.75) is 12.7 Å². The van der Waals surface area contributed by atoms with Gasteiger partial charge in [0.25, 0.3) is 0 Å². The fraction of sp³-hybridized carbons (Fsp3) is 0.571. The molecule has 1 aliphatic rings. The second kappa shape index (κ2) is 6.53. The van der Waals surface area contributed by atoms with E-state index in [2.05, 4.69) is 4.90 Å². The van der Waals surface area contributed by atoms with Crippen LogP contribution in [-0.4, -0.2) is 60.9 Å². The molecule has 1 aromatic rings. The Kier molecular flexibility index (Phi) is 4.95. The topological polar surface area (TPSA) is 35.9 Å². The van der Waals surface area contributed by atoms with Crippen LogP contribution < -0.4 is 4.74 Å². The molecule has 0 radical (unpaired) electrons. The number of ether oxygens (including phenoxy) is 1. The smallest absolute Gasteiger partial charge is 0.401 e. The maximum atomic E-state index is 12.3. The summed E-state index contributed by atoms with van der Waals surface area (Å²) < 4.78 is 41.9. The first-order valence-corrected chi connectivity index (χ1v) is 6.75. The van der Waals surface area contributed by atoms with Crippen molar-refractivity contribution in [3.05, 3.63) is 23.8 Å². The highest BCUT2D eigenvalue weighted by Crippen LogP contribution is 2.27. The molecular formula is C14H19F3N2O2. The Bertz CT molecular complexity index is 472. The second-order valence-electron chi connectivity index (χ2n) is 5.17. The first kappa shape index (κ1) is 15.9. The van der Waals surface area contributed by atoms with Crippen LogP contribution in [0, 0.1) is 0 Å². The maximum absolute atomic E-state index is 12.3. The van der Waals surface area contributed by atoms with Crippen molar-refractivity contribution in [2.75, 3.05) is 39.8 Å². The van der Waals surface area contributed by atoms with E-state index in [1.165, 1.54) is 12.0 Å². The number of nitrogens with zero attached hydrogens (tertiary/aromatic N) is 2. The summed E-state index contributed by atoms with van der Waals surface area (Å²) in [4.78, 5) is 3.50. The summed E-state index contributed by atoms with van der Waals surface area (Å²) in [7, 11) is 1.48. The number of alkyl halides is 3. The third-order valence-electron chi connectivity index (χ3n) is 3.52. The van der Waals surface area contributed by atoms with Crippen LogP contribution in [0.15, 0.2) is 18.2 Å². The molecule has 4 nitrogen and oxygen atoms in total. The van der Waals surface area contributed by atoms with E-state index in [1.54, 1.807) is 12.1 Å². The largest absolute Gasteiger partial charge is 0.504 e. The van der Waals surface area contributed by atoms with E-state index in [9.17, 15) is 18.3 Å². The van der Waals surface area contributed by atoms with E-state index in [4.69, 9.17) is 4.74 Å². The molecule has 0 spiro atoms. The minimum absolute atomic E-state index is 0.0747. The number of benzene rings is 1. The molecule has 1 aromatic carbocycles. The molecule has 7 heteroatoms. The second-order valence-corrected chi connectivity index (χ2v) is 5.17. The highest BCUT2D eigenvalue weighted by Gasteiger charge is 2.32. The molecule has 0 bridgehead atoms. The number of hydrogen-bond acceptors (Lipinski definition) is 4. The summed E-state index contributed by atoms with van der Waals surface area (Å²) >= 11 is 0. The monoisotopic (exact) mass is 304 g/mol. The number of methoxy groups -OCH3 is 1. The van der Waals surface area contributed by atoms with Gasteiger partial charge in [-0.3, -0.25) is 9.80 Å². The SMILES string of the molecule is COc1ccc(CN2CCN(CC(F)(F)F)CC2)cc1O. The number of phenolic OH excluding ortho intramolecular Hbond substituents is 1. The van der Waals surface area contributed by atoms with Crippen LogP contribution in [-0.2, 0) is 6.54 Å². The van der Waals surface area contributed by atoms with Gasteiger partial charge >= 0.3 is 6.18 Å². The van der Waals surface area contributed by atoms with Crippen LogP contribution in [0.3, 0.4) is 0 Å². The Morgan fingerprint density at radius 2 is 1.76 bits per heavy atom. The molecule has 0 unspecified atom stereocenters. The average molecular weight is 304 g/mol. The van der Waals surface area contributed by atoms with E-state index >= 15 is 0 Å². The van der Waals surface area contributed by atoms with E-state index < -0.39 is 12.7 Å². The summed E-state index contributed by atoms with van der Waals surface area (Å²) in [6.45, 7) is 1.75. The Morgan fingerprint density at radius 1 is 1.14 bits per heavy atom. The van der Waals surface area contributed by atoms with Gasteiger partial charge in [0.05, 0.1) is 13.7 Å². The number of piperazine rings is 1. The predicted molar refractivity (Wildman–Crippen MR) is 72.4 cm³/mol. The molecule has 0 amide bonds. The fourth-order valence-electron chi connectivity index (χ4n) is 2.45. The van der Waals surface area contributed by atoms with Crippen molar-refractivity contribution in [1.29, 1.82) is 0 Å². The minimum atomic E-state index is -4.13. The molecule has 118 valence electrons. The summed E-state index contributed by atoms with van der Waals surface area (Å²) in [5, 5.41) is 9.71. The number of aromatic hydroxyl groups is 1. The number of halogens is 3. The molecule has 1 aliphatic heterocycles. The van der Waals surface area contributed by atoms with Crippen LogP contribution in [0.4, 0.5) is 13.2 Å². The van der Waals surface area contributed by atoms with Crippen LogP contribution in [0.5, 0.6) is 11.5 Å². The average Bonchev–Trinajstić information content (AvgIpc) is 2.40. The van der Waals surface area contributed by atoms with Gasteiger partial charge in [-0.1, -0.05) is 6.07 Å². The Hall–Kier alpha value is -1.47. The van der Waals surface area contributed by atoms with Crippen LogP contribution in [0.2, 0.25) is 0 Å². The van der Waals surface area contributed by atoms with Crippen LogP contribution >= 0.6 is 0 Å². The Labute approximate surface area is 121 Å². The predicted octanol–water partition coefficient (Wildman–Crippen LogP) is 2.08. The third kappa shape index (κ3) is 4.78. The molecule has 1 heterocycles. The van der Waals surface area contributed by atoms with Gasteiger partial charge < -0.3 is 9.84 Å². The molecule has 1 fully saturated rings. The van der Waals surface area contributed by atoms with Gasteiger partial charge in [-0.25, -0.2) is 0 Å². The van der Waals surface area contributed by atoms with Gasteiger partial charge in [0.1, 0.15) is 0 Å². The van der Waals surface area contributed by atoms with Gasteiger partial charge in [0.2, 0.25) is 0 Å². The number of phenols is 1. The molecule has 0 aromatic heterocycles. The van der Waals surface area contributed by atoms with Crippen molar-refractivity contribution >= 4 is 0 Å². The summed E-state index contributed by atoms with van der Waals surface area (Å²) in [6, 6.07) is 5.16. The Morgan fingerprint density at radius 3 is 2.29 bits per heavy atom. The minimum Gasteiger partial charge on any atom is -0.504 e. The molecular weight excluding hydrogens is 285 g/mol. The molecule has 2 rings (SSSR count). The zero-order valence-corrected chi connectivity index (χ0v) is 11.9. The number of rotatable bonds is 4. The molecule has 0 aliphatic carbocycles. The maximum Gasteiger partial charge on any atom is 0.401 e. The van der Waals surface area contributed by atoms with E-state index in [-0.39, 0.29) is 5.75 Å². The first-order chi connectivity index (χ1) is 9.87. The quantitative estimate of drug-likeness (QED) is 0.924. The lowest BCUT2D eigenvalue weighted by Crippen LogP contribution is -2.48. The molecule has 0 atom stereocenters. The zero-order chi connectivity index (χ0) is 15.5. The van der Waals surface area contributed by atoms with Crippen molar-refractivity contribution in [3.8, 4) is 11.5 Å². The lowest BCUT2D eigenvalue weighted by atomic mass is 10.1. The van der Waals surface area contributed by atoms with Crippen molar-refractivity contribution in [1.82, 2.24) is 9.80 Å². The van der Waals surface area contributed by atoms with E-state index in [0.717, 1.165) is 5.56 Å². The Balaban J connectivity index is 1.85. The normalized spacial score (nSPS) is 17.9. The third-order valence-corrected chi connectivity index (χ3v) is 3.52. The lowest BCUT2D eigenvalue weighted by Gasteiger charge is -2.35. The first-order valence-electron chi connectivity index (χ1n) is 6.75. The van der Waals surface area contributed by atoms with Gasteiger partial charge in [-0.2, -0.15) is 13.2 Å². The summed E-state index contributed by atoms with van der Waals surface area (Å²) in [6.07, 6.45) is -4.13. The van der Waals surface area contributed by atoms with E-state index in [1.807, 2.05) is 6.07 Å². The van der Waals surface area contributed by atoms with Crippen molar-refractivity contribution in [2.24, 2.45) is 0 Å². The van der Waals surface area contributed by atoms with Crippen LogP contribution in [0.25, 0.3) is 0 Å². The van der Waals surface area contributed by atoms with Gasteiger partial charge in [-0.05, 0) is 17.7 Å². The van der Waals surface area contributed by atoms with Crippen LogP contribution in [0.1, 0.15) is 5.56 Å². The zero-order valence-electron chi connectivity index (χ0n) is 11.9. The lowest BCUT2D eigenvalue weighted by molar-refractivity contribution is -0.149. The van der Waals surface area contributed by atoms with Gasteiger partial charge in [0, 0.05) is 32.7 Å². The number of hydrogen-bond donors (Lipinski definition) is 1. The standard InChI is InChI=1S/C14H19F3N2O2/c1-21-13-3-2-11(8-12(13)20)9-18-4-6-19(7-5-18)10-14(15,16)17/h2-3,8,20H,4-7,9-10H2,1H3.